The normalized spacial score (nSPS) is 10.9. The van der Waals surface area contributed by atoms with Crippen LogP contribution in [0.15, 0.2) is 67.4 Å². The summed E-state index contributed by atoms with van der Waals surface area (Å²) in [6.45, 7) is 0.777. The van der Waals surface area contributed by atoms with Gasteiger partial charge in [0.25, 0.3) is 0 Å². The second-order valence-electron chi connectivity index (χ2n) is 5.41. The zero-order valence-electron chi connectivity index (χ0n) is 13.3. The van der Waals surface area contributed by atoms with Crippen molar-refractivity contribution >= 4 is 17.0 Å². The fraction of sp³-hybridized carbons (Fsp3) is 0.111. The third-order valence-corrected chi connectivity index (χ3v) is 3.80. The van der Waals surface area contributed by atoms with E-state index in [9.17, 15) is 4.79 Å². The van der Waals surface area contributed by atoms with Crippen LogP contribution in [0.2, 0.25) is 0 Å². The minimum absolute atomic E-state index is 0.258. The van der Waals surface area contributed by atoms with Crippen LogP contribution in [0, 0.1) is 0 Å². The van der Waals surface area contributed by atoms with E-state index in [4.69, 9.17) is 4.74 Å². The van der Waals surface area contributed by atoms with Crippen LogP contribution in [-0.4, -0.2) is 36.9 Å². The van der Waals surface area contributed by atoms with Gasteiger partial charge in [0.15, 0.2) is 0 Å². The number of aromatic nitrogens is 5. The lowest BCUT2D eigenvalue weighted by atomic mass is 10.3. The largest absolute Gasteiger partial charge is 0.460 e. The van der Waals surface area contributed by atoms with Crippen molar-refractivity contribution in [2.45, 2.75) is 6.54 Å². The van der Waals surface area contributed by atoms with Crippen LogP contribution in [-0.2, 0) is 11.3 Å². The van der Waals surface area contributed by atoms with E-state index in [1.54, 1.807) is 29.3 Å². The first-order valence-electron chi connectivity index (χ1n) is 7.84. The van der Waals surface area contributed by atoms with Gasteiger partial charge in [0, 0.05) is 18.6 Å². The fourth-order valence-corrected chi connectivity index (χ4v) is 2.54. The minimum atomic E-state index is -0.401. The van der Waals surface area contributed by atoms with Crippen LogP contribution in [0.3, 0.4) is 0 Å². The van der Waals surface area contributed by atoms with Gasteiger partial charge in [-0.2, -0.15) is 5.10 Å². The zero-order chi connectivity index (χ0) is 17.1. The van der Waals surface area contributed by atoms with Crippen LogP contribution in [0.1, 0.15) is 10.4 Å². The predicted molar refractivity (Wildman–Crippen MR) is 91.4 cm³/mol. The Hall–Kier alpha value is -3.48. The molecule has 4 rings (SSSR count). The molecular weight excluding hydrogens is 318 g/mol. The molecule has 7 heteroatoms. The lowest BCUT2D eigenvalue weighted by molar-refractivity contribution is 0.0487. The summed E-state index contributed by atoms with van der Waals surface area (Å²) in [5.41, 5.74) is 2.27. The summed E-state index contributed by atoms with van der Waals surface area (Å²) in [5.74, 6) is 0.295. The molecule has 3 heterocycles. The maximum atomic E-state index is 12.1. The second-order valence-corrected chi connectivity index (χ2v) is 5.41. The molecule has 7 nitrogen and oxygen atoms in total. The molecule has 0 saturated heterocycles. The maximum absolute atomic E-state index is 12.1. The summed E-state index contributed by atoms with van der Waals surface area (Å²) in [5, 5.41) is 4.06. The molecule has 0 amide bonds. The Bertz CT molecular complexity index is 990. The maximum Gasteiger partial charge on any atom is 0.339 e. The quantitative estimate of drug-likeness (QED) is 0.525. The Balaban J connectivity index is 1.45. The van der Waals surface area contributed by atoms with Crippen molar-refractivity contribution in [1.82, 2.24) is 24.3 Å². The lowest BCUT2D eigenvalue weighted by Crippen LogP contribution is -2.12. The number of fused-ring (bicyclic) bond motifs is 1. The Kier molecular flexibility index (Phi) is 3.96. The van der Waals surface area contributed by atoms with Crippen LogP contribution >= 0.6 is 0 Å². The van der Waals surface area contributed by atoms with Gasteiger partial charge in [-0.15, -0.1) is 0 Å². The Morgan fingerprint density at radius 3 is 2.80 bits per heavy atom. The number of carbonyl (C=O) groups is 1. The number of rotatable bonds is 5. The van der Waals surface area contributed by atoms with Crippen molar-refractivity contribution in [1.29, 1.82) is 0 Å². The second kappa shape index (κ2) is 6.56. The fourth-order valence-electron chi connectivity index (χ4n) is 2.54. The van der Waals surface area contributed by atoms with Gasteiger partial charge < -0.3 is 4.74 Å². The Labute approximate surface area is 143 Å². The van der Waals surface area contributed by atoms with Crippen molar-refractivity contribution in [3.8, 4) is 5.82 Å². The summed E-state index contributed by atoms with van der Waals surface area (Å²) < 4.78 is 8.83. The Morgan fingerprint density at radius 2 is 2.00 bits per heavy atom. The molecule has 124 valence electrons. The molecule has 3 aromatic heterocycles. The highest BCUT2D eigenvalue weighted by Gasteiger charge is 2.10. The number of nitrogens with zero attached hydrogens (tertiary/aromatic N) is 5. The number of pyridine rings is 1. The third kappa shape index (κ3) is 3.12. The predicted octanol–water partition coefficient (Wildman–Crippen LogP) is 2.47. The number of imidazole rings is 1. The van der Waals surface area contributed by atoms with E-state index in [0.717, 1.165) is 11.0 Å². The molecule has 0 aliphatic heterocycles. The molecule has 0 radical (unpaired) electrons. The van der Waals surface area contributed by atoms with E-state index in [1.807, 2.05) is 41.1 Å². The van der Waals surface area contributed by atoms with E-state index < -0.39 is 5.97 Å². The van der Waals surface area contributed by atoms with E-state index >= 15 is 0 Å². The number of benzene rings is 1. The van der Waals surface area contributed by atoms with Crippen molar-refractivity contribution in [3.63, 3.8) is 0 Å². The molecule has 4 aromatic rings. The number of hydrogen-bond acceptors (Lipinski definition) is 5. The van der Waals surface area contributed by atoms with Crippen LogP contribution in [0.25, 0.3) is 16.9 Å². The molecule has 0 atom stereocenters. The minimum Gasteiger partial charge on any atom is -0.460 e. The molecule has 0 aliphatic rings. The SMILES string of the molecule is O=C(OCCn1cccn1)c1ccc(-n2cnc3ccccc32)nc1. The number of carbonyl (C=O) groups excluding carboxylic acids is 1. The summed E-state index contributed by atoms with van der Waals surface area (Å²) in [7, 11) is 0. The standard InChI is InChI=1S/C18H15N5O2/c24-18(25-11-10-22-9-3-8-21-22)14-6-7-17(19-12-14)23-13-20-15-4-1-2-5-16(15)23/h1-9,12-13H,10-11H2. The first kappa shape index (κ1) is 15.1. The number of esters is 1. The first-order chi connectivity index (χ1) is 12.3. The molecule has 0 fully saturated rings. The highest BCUT2D eigenvalue weighted by Crippen LogP contribution is 2.16. The Morgan fingerprint density at radius 1 is 1.08 bits per heavy atom. The van der Waals surface area contributed by atoms with Gasteiger partial charge in [0.05, 0.1) is 23.1 Å². The van der Waals surface area contributed by atoms with Crippen molar-refractivity contribution in [3.05, 3.63) is 72.9 Å². The molecule has 0 bridgehead atoms. The van der Waals surface area contributed by atoms with E-state index in [1.165, 1.54) is 6.20 Å². The zero-order valence-corrected chi connectivity index (χ0v) is 13.3. The first-order valence-corrected chi connectivity index (χ1v) is 7.84. The van der Waals surface area contributed by atoms with Gasteiger partial charge in [-0.1, -0.05) is 12.1 Å². The topological polar surface area (TPSA) is 74.8 Å². The lowest BCUT2D eigenvalue weighted by Gasteiger charge is -2.06. The van der Waals surface area contributed by atoms with Gasteiger partial charge >= 0.3 is 5.97 Å². The van der Waals surface area contributed by atoms with E-state index in [-0.39, 0.29) is 6.61 Å². The molecular formula is C18H15N5O2. The highest BCUT2D eigenvalue weighted by molar-refractivity contribution is 5.89. The average molecular weight is 333 g/mol. The van der Waals surface area contributed by atoms with Gasteiger partial charge in [-0.05, 0) is 30.3 Å². The number of ether oxygens (including phenoxy) is 1. The number of para-hydroxylation sites is 2. The van der Waals surface area contributed by atoms with Crippen molar-refractivity contribution in [2.24, 2.45) is 0 Å². The third-order valence-electron chi connectivity index (χ3n) is 3.80. The molecule has 0 saturated carbocycles. The monoisotopic (exact) mass is 333 g/mol. The molecule has 25 heavy (non-hydrogen) atoms. The summed E-state index contributed by atoms with van der Waals surface area (Å²) >= 11 is 0. The molecule has 0 spiro atoms. The molecule has 1 aromatic carbocycles. The highest BCUT2D eigenvalue weighted by atomic mass is 16.5. The molecule has 0 unspecified atom stereocenters. The smallest absolute Gasteiger partial charge is 0.339 e. The van der Waals surface area contributed by atoms with Crippen LogP contribution < -0.4 is 0 Å². The van der Waals surface area contributed by atoms with E-state index in [2.05, 4.69) is 15.1 Å². The summed E-state index contributed by atoms with van der Waals surface area (Å²) in [4.78, 5) is 20.8. The van der Waals surface area contributed by atoms with Gasteiger partial charge in [-0.25, -0.2) is 14.8 Å². The molecule has 0 aliphatic carbocycles. The van der Waals surface area contributed by atoms with Crippen molar-refractivity contribution < 1.29 is 9.53 Å². The van der Waals surface area contributed by atoms with Crippen LogP contribution in [0.5, 0.6) is 0 Å². The van der Waals surface area contributed by atoms with E-state index in [0.29, 0.717) is 17.9 Å². The van der Waals surface area contributed by atoms with Crippen molar-refractivity contribution in [2.75, 3.05) is 6.61 Å². The van der Waals surface area contributed by atoms with Gasteiger partial charge in [0.1, 0.15) is 18.8 Å². The van der Waals surface area contributed by atoms with Crippen LogP contribution in [0.4, 0.5) is 0 Å². The molecule has 0 N–H and O–H groups in total. The number of hydrogen-bond donors (Lipinski definition) is 0. The summed E-state index contributed by atoms with van der Waals surface area (Å²) in [6.07, 6.45) is 6.74. The average Bonchev–Trinajstić information content (AvgIpc) is 3.31. The summed E-state index contributed by atoms with van der Waals surface area (Å²) in [6, 6.07) is 13.1. The van der Waals surface area contributed by atoms with Gasteiger partial charge in [0.2, 0.25) is 0 Å². The van der Waals surface area contributed by atoms with Gasteiger partial charge in [-0.3, -0.25) is 9.25 Å².